The number of ether oxygens (including phenoxy) is 2. The van der Waals surface area contributed by atoms with Gasteiger partial charge < -0.3 is 14.8 Å². The summed E-state index contributed by atoms with van der Waals surface area (Å²) in [6.45, 7) is -0.377. The Balaban J connectivity index is 1.72. The third-order valence-electron chi connectivity index (χ3n) is 2.67. The third-order valence-corrected chi connectivity index (χ3v) is 2.67. The summed E-state index contributed by atoms with van der Waals surface area (Å²) in [5.74, 6) is -1.70. The van der Waals surface area contributed by atoms with Gasteiger partial charge in [0.05, 0.1) is 0 Å². The molecule has 21 heavy (non-hydrogen) atoms. The van der Waals surface area contributed by atoms with Crippen molar-refractivity contribution in [2.45, 2.75) is 0 Å². The molecule has 2 rings (SSSR count). The molecule has 0 aromatic heterocycles. The largest absolute Gasteiger partial charge is 0.482 e. The highest BCUT2D eigenvalue weighted by Crippen LogP contribution is 2.11. The summed E-state index contributed by atoms with van der Waals surface area (Å²) in [6, 6.07) is 4.77. The minimum Gasteiger partial charge on any atom is -0.482 e. The Morgan fingerprint density at radius 3 is 2.81 bits per heavy atom. The lowest BCUT2D eigenvalue weighted by Crippen LogP contribution is -2.37. The van der Waals surface area contributed by atoms with Gasteiger partial charge in [-0.3, -0.25) is 9.69 Å². The van der Waals surface area contributed by atoms with Crippen molar-refractivity contribution in [1.29, 1.82) is 0 Å². The first-order chi connectivity index (χ1) is 10.1. The average Bonchev–Trinajstić information content (AvgIpc) is 2.89. The first kappa shape index (κ1) is 14.8. The maximum absolute atomic E-state index is 12.9. The highest BCUT2D eigenvalue weighted by atomic mass is 19.1. The normalized spacial score (nSPS) is 13.8. The van der Waals surface area contributed by atoms with Crippen molar-refractivity contribution in [1.82, 2.24) is 10.2 Å². The van der Waals surface area contributed by atoms with E-state index in [1.165, 1.54) is 18.2 Å². The molecule has 1 aliphatic heterocycles. The maximum Gasteiger partial charge on any atom is 0.344 e. The van der Waals surface area contributed by atoms with Crippen LogP contribution in [0.2, 0.25) is 0 Å². The van der Waals surface area contributed by atoms with Crippen LogP contribution >= 0.6 is 0 Å². The first-order valence-corrected chi connectivity index (χ1v) is 6.18. The number of hydrogen-bond donors (Lipinski definition) is 1. The molecule has 0 atom stereocenters. The van der Waals surface area contributed by atoms with Gasteiger partial charge in [0.15, 0.2) is 13.2 Å². The molecule has 1 aromatic rings. The van der Waals surface area contributed by atoms with Gasteiger partial charge in [0.25, 0.3) is 5.91 Å². The van der Waals surface area contributed by atoms with Crippen molar-refractivity contribution in [3.05, 3.63) is 30.1 Å². The van der Waals surface area contributed by atoms with E-state index in [0.29, 0.717) is 6.54 Å². The summed E-state index contributed by atoms with van der Waals surface area (Å²) in [6.07, 6.45) is 0. The predicted molar refractivity (Wildman–Crippen MR) is 68.0 cm³/mol. The number of imide groups is 1. The van der Waals surface area contributed by atoms with Crippen LogP contribution < -0.4 is 10.1 Å². The molecule has 1 saturated heterocycles. The van der Waals surface area contributed by atoms with Gasteiger partial charge in [-0.05, 0) is 12.1 Å². The van der Waals surface area contributed by atoms with E-state index < -0.39 is 36.9 Å². The smallest absolute Gasteiger partial charge is 0.344 e. The van der Waals surface area contributed by atoms with E-state index in [2.05, 4.69) is 10.1 Å². The molecule has 1 fully saturated rings. The monoisotopic (exact) mass is 296 g/mol. The van der Waals surface area contributed by atoms with E-state index in [1.807, 2.05) is 0 Å². The van der Waals surface area contributed by atoms with Crippen LogP contribution in [-0.4, -0.2) is 49.1 Å². The molecule has 0 bridgehead atoms. The van der Waals surface area contributed by atoms with Gasteiger partial charge in [-0.1, -0.05) is 6.07 Å². The van der Waals surface area contributed by atoms with Crippen LogP contribution in [0.25, 0.3) is 0 Å². The van der Waals surface area contributed by atoms with Gasteiger partial charge in [-0.15, -0.1) is 0 Å². The molecule has 0 saturated carbocycles. The lowest BCUT2D eigenvalue weighted by atomic mass is 10.3. The SMILES string of the molecule is O=C(COc1cccc(F)c1)OCC(=O)N1CCNC1=O. The van der Waals surface area contributed by atoms with Crippen molar-refractivity contribution in [3.8, 4) is 5.75 Å². The minimum atomic E-state index is -0.785. The summed E-state index contributed by atoms with van der Waals surface area (Å²) < 4.78 is 22.6. The van der Waals surface area contributed by atoms with Crippen LogP contribution in [-0.2, 0) is 14.3 Å². The number of rotatable bonds is 5. The molecular formula is C13H13FN2O5. The molecule has 112 valence electrons. The van der Waals surface area contributed by atoms with E-state index in [4.69, 9.17) is 4.74 Å². The standard InChI is InChI=1S/C13H13FN2O5/c14-9-2-1-3-10(6-9)20-8-12(18)21-7-11(17)16-5-4-15-13(16)19/h1-3,6H,4-5,7-8H2,(H,15,19). The van der Waals surface area contributed by atoms with Crippen LogP contribution in [0.5, 0.6) is 5.75 Å². The number of benzene rings is 1. The zero-order chi connectivity index (χ0) is 15.2. The van der Waals surface area contributed by atoms with Crippen LogP contribution in [0, 0.1) is 5.82 Å². The Bertz CT molecular complexity index is 563. The molecule has 0 radical (unpaired) electrons. The van der Waals surface area contributed by atoms with Crippen molar-refractivity contribution >= 4 is 17.9 Å². The Labute approximate surface area is 119 Å². The van der Waals surface area contributed by atoms with Crippen molar-refractivity contribution < 1.29 is 28.2 Å². The molecule has 8 heteroatoms. The molecule has 1 N–H and O–H groups in total. The van der Waals surface area contributed by atoms with Gasteiger partial charge in [0, 0.05) is 19.2 Å². The number of nitrogens with one attached hydrogen (secondary N) is 1. The number of nitrogens with zero attached hydrogens (tertiary/aromatic N) is 1. The van der Waals surface area contributed by atoms with Gasteiger partial charge >= 0.3 is 12.0 Å². The molecule has 0 unspecified atom stereocenters. The van der Waals surface area contributed by atoms with Crippen molar-refractivity contribution in [2.24, 2.45) is 0 Å². The second-order valence-electron chi connectivity index (χ2n) is 4.18. The summed E-state index contributed by atoms with van der Waals surface area (Å²) in [5.41, 5.74) is 0. The number of carbonyl (C=O) groups is 3. The molecule has 1 aliphatic rings. The van der Waals surface area contributed by atoms with Crippen LogP contribution in [0.3, 0.4) is 0 Å². The van der Waals surface area contributed by atoms with Gasteiger partial charge in [-0.25, -0.2) is 14.0 Å². The van der Waals surface area contributed by atoms with Crippen molar-refractivity contribution in [2.75, 3.05) is 26.3 Å². The molecule has 0 spiro atoms. The third kappa shape index (κ3) is 4.16. The van der Waals surface area contributed by atoms with E-state index in [1.54, 1.807) is 0 Å². The lowest BCUT2D eigenvalue weighted by molar-refractivity contribution is -0.152. The van der Waals surface area contributed by atoms with E-state index in [9.17, 15) is 18.8 Å². The fourth-order valence-corrected chi connectivity index (χ4v) is 1.67. The van der Waals surface area contributed by atoms with Crippen LogP contribution in [0.4, 0.5) is 9.18 Å². The molecule has 0 aliphatic carbocycles. The summed E-state index contributed by atoms with van der Waals surface area (Å²) in [4.78, 5) is 35.1. The summed E-state index contributed by atoms with van der Waals surface area (Å²) >= 11 is 0. The van der Waals surface area contributed by atoms with Gasteiger partial charge in [-0.2, -0.15) is 0 Å². The van der Waals surface area contributed by atoms with Gasteiger partial charge in [0.2, 0.25) is 0 Å². The Morgan fingerprint density at radius 2 is 2.14 bits per heavy atom. The Hall–Kier alpha value is -2.64. The van der Waals surface area contributed by atoms with Gasteiger partial charge in [0.1, 0.15) is 11.6 Å². The fourth-order valence-electron chi connectivity index (χ4n) is 1.67. The fraction of sp³-hybridized carbons (Fsp3) is 0.308. The molecule has 7 nitrogen and oxygen atoms in total. The topological polar surface area (TPSA) is 84.9 Å². The Kier molecular flexibility index (Phi) is 4.70. The van der Waals surface area contributed by atoms with Crippen molar-refractivity contribution in [3.63, 3.8) is 0 Å². The predicted octanol–water partition coefficient (Wildman–Crippen LogP) is 0.299. The Morgan fingerprint density at radius 1 is 1.33 bits per heavy atom. The number of carbonyl (C=O) groups excluding carboxylic acids is 3. The first-order valence-electron chi connectivity index (χ1n) is 6.18. The number of amides is 3. The second-order valence-corrected chi connectivity index (χ2v) is 4.18. The average molecular weight is 296 g/mol. The molecular weight excluding hydrogens is 283 g/mol. The summed E-state index contributed by atoms with van der Waals surface area (Å²) in [7, 11) is 0. The highest BCUT2D eigenvalue weighted by molar-refractivity contribution is 5.96. The van der Waals surface area contributed by atoms with Crippen LogP contribution in [0.15, 0.2) is 24.3 Å². The van der Waals surface area contributed by atoms with Crippen LogP contribution in [0.1, 0.15) is 0 Å². The zero-order valence-electron chi connectivity index (χ0n) is 11.0. The van der Waals surface area contributed by atoms with E-state index in [-0.39, 0.29) is 12.3 Å². The second kappa shape index (κ2) is 6.69. The molecule has 1 aromatic carbocycles. The number of halogens is 1. The minimum absolute atomic E-state index is 0.178. The lowest BCUT2D eigenvalue weighted by Gasteiger charge is -2.12. The van der Waals surface area contributed by atoms with E-state index >= 15 is 0 Å². The van der Waals surface area contributed by atoms with E-state index in [0.717, 1.165) is 11.0 Å². The number of hydrogen-bond acceptors (Lipinski definition) is 5. The zero-order valence-corrected chi connectivity index (χ0v) is 11.0. The number of urea groups is 1. The quantitative estimate of drug-likeness (QED) is 0.790. The number of esters is 1. The highest BCUT2D eigenvalue weighted by Gasteiger charge is 2.26. The summed E-state index contributed by atoms with van der Waals surface area (Å²) in [5, 5.41) is 2.46. The maximum atomic E-state index is 12.9. The molecule has 1 heterocycles. The molecule has 3 amide bonds.